The largest absolute Gasteiger partial charge is 0.554 e. The van der Waals surface area contributed by atoms with Crippen LogP contribution in [0.1, 0.15) is 57.1 Å². The summed E-state index contributed by atoms with van der Waals surface area (Å²) >= 11 is 0. The number of nitrogens with zero attached hydrogens (tertiary/aromatic N) is 4. The van der Waals surface area contributed by atoms with Crippen molar-refractivity contribution in [3.05, 3.63) is 98.1 Å². The molecule has 8 heteroatoms. The van der Waals surface area contributed by atoms with Gasteiger partial charge in [-0.25, -0.2) is 0 Å². The second-order valence-corrected chi connectivity index (χ2v) is 12.0. The molecular weight excluding hydrogens is 516 g/mol. The van der Waals surface area contributed by atoms with Crippen molar-refractivity contribution in [3.8, 4) is 0 Å². The summed E-state index contributed by atoms with van der Waals surface area (Å²) in [6, 6.07) is 8.63. The van der Waals surface area contributed by atoms with Crippen LogP contribution in [0.15, 0.2) is 48.0 Å². The Morgan fingerprint density at radius 3 is 1.90 bits per heavy atom. The fourth-order valence-electron chi connectivity index (χ4n) is 8.49. The van der Waals surface area contributed by atoms with Crippen LogP contribution in [-0.2, 0) is 5.91 Å². The Hall–Kier alpha value is -5.24. The van der Waals surface area contributed by atoms with Crippen LogP contribution in [-0.4, -0.2) is 29.7 Å². The molecule has 0 N–H and O–H groups in total. The molecule has 0 saturated carbocycles. The van der Waals surface area contributed by atoms with E-state index in [1.54, 1.807) is 0 Å². The molecule has 194 valence electrons. The topological polar surface area (TPSA) is 68.4 Å². The summed E-state index contributed by atoms with van der Waals surface area (Å²) in [5, 5.41) is 4.33. The van der Waals surface area contributed by atoms with Gasteiger partial charge < -0.3 is 17.7 Å². The normalized spacial score (nSPS) is 21.3. The molecule has 1 atom stereocenters. The minimum atomic E-state index is -0.854. The van der Waals surface area contributed by atoms with Gasteiger partial charge in [-0.3, -0.25) is 0 Å². The predicted molar refractivity (Wildman–Crippen MR) is 150 cm³/mol. The first-order valence-electron chi connectivity index (χ1n) is 13.9. The molecule has 12 rings (SSSR count). The molecule has 0 aromatic carbocycles. The molecule has 1 unspecified atom stereocenters. The number of aryl methyl sites for hydroxylation is 4. The lowest BCUT2D eigenvalue weighted by atomic mass is 10.1. The fourth-order valence-corrected chi connectivity index (χ4v) is 8.49. The summed E-state index contributed by atoms with van der Waals surface area (Å²) in [5.41, 5.74) is 10.4. The predicted octanol–water partition coefficient (Wildman–Crippen LogP) is 4.45. The summed E-state index contributed by atoms with van der Waals surface area (Å²) in [6.07, 6.45) is 9.08. The third-order valence-electron chi connectivity index (χ3n) is 9.68. The van der Waals surface area contributed by atoms with Crippen LogP contribution in [0.4, 0.5) is 0 Å². The lowest BCUT2D eigenvalue weighted by Crippen LogP contribution is -2.69. The molecule has 0 aliphatic carbocycles. The van der Waals surface area contributed by atoms with Gasteiger partial charge in [0, 0.05) is 22.9 Å². The first kappa shape index (κ1) is 19.8. The van der Waals surface area contributed by atoms with Crippen LogP contribution < -0.4 is 10.7 Å². The minimum absolute atomic E-state index is 0.854. The molecule has 0 bridgehead atoms. The third-order valence-corrected chi connectivity index (χ3v) is 9.68. The Balaban J connectivity index is 1.43. The van der Waals surface area contributed by atoms with Crippen molar-refractivity contribution in [2.24, 2.45) is 0 Å². The van der Waals surface area contributed by atoms with E-state index in [9.17, 15) is 0 Å². The molecule has 6 aromatic rings. The van der Waals surface area contributed by atoms with E-state index in [1.165, 1.54) is 0 Å². The van der Waals surface area contributed by atoms with E-state index in [0.29, 0.717) is 0 Å². The molecule has 8 nitrogen and oxygen atoms in total. The summed E-state index contributed by atoms with van der Waals surface area (Å²) in [7, 11) is 0. The zero-order valence-electron chi connectivity index (χ0n) is 22.5. The SMILES string of the molecule is Cc1cc2c(o1)C1=Cc3c4cc(C)oc4c4n3C35n6c(c7cc(C)oc7c6=CC6=[N+]3C(=CC2=[N+]15)c1oc(C)cc16)=C4. The van der Waals surface area contributed by atoms with E-state index in [-0.39, 0.29) is 0 Å². The van der Waals surface area contributed by atoms with Crippen molar-refractivity contribution in [1.29, 1.82) is 0 Å². The zero-order chi connectivity index (χ0) is 26.8. The smallest absolute Gasteiger partial charge is 0.459 e. The Morgan fingerprint density at radius 2 is 1.17 bits per heavy atom. The van der Waals surface area contributed by atoms with E-state index < -0.39 is 5.91 Å². The molecule has 41 heavy (non-hydrogen) atoms. The van der Waals surface area contributed by atoms with Gasteiger partial charge in [-0.2, -0.15) is 9.13 Å². The Morgan fingerprint density at radius 1 is 0.561 bits per heavy atom. The molecule has 6 aliphatic heterocycles. The second kappa shape index (κ2) is 5.51. The number of allylic oxidation sites excluding steroid dienone is 1. The lowest BCUT2D eigenvalue weighted by Gasteiger charge is -2.36. The maximum absolute atomic E-state index is 6.45. The number of fused-ring (bicyclic) bond motifs is 12. The first-order chi connectivity index (χ1) is 19.9. The number of rotatable bonds is 0. The molecule has 0 fully saturated rings. The number of hydrogen-bond acceptors (Lipinski definition) is 4. The monoisotopic (exact) mass is 536 g/mol. The molecule has 0 radical (unpaired) electrons. The van der Waals surface area contributed by atoms with Crippen LogP contribution in [0.2, 0.25) is 0 Å². The van der Waals surface area contributed by atoms with Crippen molar-refractivity contribution in [2.75, 3.05) is 0 Å². The minimum Gasteiger partial charge on any atom is -0.459 e. The van der Waals surface area contributed by atoms with Crippen molar-refractivity contribution in [2.45, 2.75) is 33.6 Å². The van der Waals surface area contributed by atoms with Crippen molar-refractivity contribution >= 4 is 63.0 Å². The van der Waals surface area contributed by atoms with Gasteiger partial charge in [-0.15, -0.1) is 0 Å². The number of furan rings is 4. The highest BCUT2D eigenvalue weighted by atomic mass is 16.4. The maximum Gasteiger partial charge on any atom is 0.554 e. The van der Waals surface area contributed by atoms with Crippen molar-refractivity contribution in [3.63, 3.8) is 0 Å². The summed E-state index contributed by atoms with van der Waals surface area (Å²) in [4.78, 5) is 0. The van der Waals surface area contributed by atoms with Crippen LogP contribution >= 0.6 is 0 Å². The quantitative estimate of drug-likeness (QED) is 0.269. The van der Waals surface area contributed by atoms with E-state index in [4.69, 9.17) is 17.7 Å². The highest BCUT2D eigenvalue weighted by Crippen LogP contribution is 2.53. The Bertz CT molecular complexity index is 2680. The standard InChI is InChI=1S/C33H20N4O4/c1-13-5-17-21-9-26-30-19(7-15(3)39-30)23-11-28-32-20(8-16(4)41-32)24-12-27-31-18(6-14(2)40-31)22-10-25(29(17)38-13)34(21)33(35(22)27,36(23)26)37(24)28/h5-12H,1-4H3/q+2. The van der Waals surface area contributed by atoms with Gasteiger partial charge in [0.25, 0.3) is 11.4 Å². The molecular formula is C33H20N4O4+2. The van der Waals surface area contributed by atoms with Gasteiger partial charge >= 0.3 is 5.91 Å². The highest BCUT2D eigenvalue weighted by molar-refractivity contribution is 6.25. The fraction of sp³-hybridized carbons (Fsp3) is 0.152. The molecule has 1 spiro atoms. The van der Waals surface area contributed by atoms with E-state index in [2.05, 4.69) is 66.9 Å². The van der Waals surface area contributed by atoms with Gasteiger partial charge in [0.1, 0.15) is 34.1 Å². The van der Waals surface area contributed by atoms with Gasteiger partial charge in [0.2, 0.25) is 22.9 Å². The van der Waals surface area contributed by atoms with Crippen molar-refractivity contribution < 1.29 is 26.8 Å². The van der Waals surface area contributed by atoms with E-state index in [0.717, 1.165) is 113 Å². The van der Waals surface area contributed by atoms with Crippen molar-refractivity contribution in [1.82, 2.24) is 9.13 Å². The Kier molecular flexibility index (Phi) is 2.66. The highest BCUT2D eigenvalue weighted by Gasteiger charge is 2.74. The van der Waals surface area contributed by atoms with E-state index >= 15 is 0 Å². The van der Waals surface area contributed by atoms with Gasteiger partial charge in [-0.05, 0) is 58.0 Å². The van der Waals surface area contributed by atoms with Crippen LogP contribution in [0, 0.1) is 27.7 Å². The molecule has 0 saturated heterocycles. The van der Waals surface area contributed by atoms with Gasteiger partial charge in [-0.1, -0.05) is 9.15 Å². The third kappa shape index (κ3) is 1.73. The van der Waals surface area contributed by atoms with Crippen LogP contribution in [0.25, 0.3) is 51.6 Å². The molecule has 0 amide bonds. The average molecular weight is 537 g/mol. The van der Waals surface area contributed by atoms with Gasteiger partial charge in [0.15, 0.2) is 11.2 Å². The molecule has 6 aromatic heterocycles. The summed E-state index contributed by atoms with van der Waals surface area (Å²) in [6.45, 7) is 8.08. The number of aromatic nitrogens is 2. The molecule has 6 aliphatic rings. The first-order valence-corrected chi connectivity index (χ1v) is 13.9. The number of hydrogen-bond donors (Lipinski definition) is 0. The van der Waals surface area contributed by atoms with E-state index in [1.807, 2.05) is 27.7 Å². The van der Waals surface area contributed by atoms with Crippen LogP contribution in [0.3, 0.4) is 0 Å². The second-order valence-electron chi connectivity index (χ2n) is 12.0. The Labute approximate surface area is 230 Å². The lowest BCUT2D eigenvalue weighted by molar-refractivity contribution is -0.807. The summed E-state index contributed by atoms with van der Waals surface area (Å²) in [5.74, 6) is 4.50. The summed E-state index contributed by atoms with van der Waals surface area (Å²) < 4.78 is 35.6. The van der Waals surface area contributed by atoms with Crippen LogP contribution in [0.5, 0.6) is 0 Å². The van der Waals surface area contributed by atoms with Gasteiger partial charge in [0.05, 0.1) is 28.2 Å². The average Bonchev–Trinajstić information content (AvgIpc) is 3.78. The zero-order valence-corrected chi connectivity index (χ0v) is 22.5. The molecule has 12 heterocycles. The maximum atomic E-state index is 6.45.